The number of aromatic amines is 1. The Bertz CT molecular complexity index is 1990. The number of fused-ring (bicyclic) bond motifs is 3. The Morgan fingerprint density at radius 2 is 1.08 bits per heavy atom. The first-order valence-electron chi connectivity index (χ1n) is 20.5. The molecule has 0 aromatic carbocycles. The van der Waals surface area contributed by atoms with Gasteiger partial charge in [0, 0.05) is 79.6 Å². The molecule has 59 heavy (non-hydrogen) atoms. The van der Waals surface area contributed by atoms with Crippen molar-refractivity contribution in [3.05, 3.63) is 47.6 Å². The lowest BCUT2D eigenvalue weighted by Gasteiger charge is -2.30. The number of hydrogen-bond acceptors (Lipinski definition) is 10. The number of ether oxygens (including phenoxy) is 2. The maximum absolute atomic E-state index is 12.1. The molecule has 3 aliphatic heterocycles. The molecular weight excluding hydrogens is 957 g/mol. The van der Waals surface area contributed by atoms with E-state index < -0.39 is 18.3 Å². The van der Waals surface area contributed by atoms with Crippen LogP contribution >= 0.6 is 47.8 Å². The van der Waals surface area contributed by atoms with Gasteiger partial charge in [0.15, 0.2) is 0 Å². The Kier molecular flexibility index (Phi) is 14.4. The Labute approximate surface area is 371 Å². The average Bonchev–Trinajstić information content (AvgIpc) is 4.06. The van der Waals surface area contributed by atoms with Crippen molar-refractivity contribution in [1.29, 1.82) is 0 Å². The fraction of sp³-hybridized carbons (Fsp3) is 0.692. The van der Waals surface area contributed by atoms with Gasteiger partial charge in [-0.2, -0.15) is 15.3 Å². The van der Waals surface area contributed by atoms with E-state index in [1.165, 1.54) is 42.6 Å². The predicted octanol–water partition coefficient (Wildman–Crippen LogP) is 7.25. The van der Waals surface area contributed by atoms with Gasteiger partial charge in [0.05, 0.1) is 31.7 Å². The first-order chi connectivity index (χ1) is 27.7. The number of aromatic nitrogens is 6. The topological polar surface area (TPSA) is 184 Å². The van der Waals surface area contributed by atoms with Crippen LogP contribution < -0.4 is 0 Å². The van der Waals surface area contributed by atoms with E-state index in [4.69, 9.17) is 19.5 Å². The highest BCUT2D eigenvalue weighted by molar-refractivity contribution is 9.11. The van der Waals surface area contributed by atoms with Crippen LogP contribution in [0, 0.1) is 0 Å². The van der Waals surface area contributed by atoms with Gasteiger partial charge in [-0.25, -0.2) is 9.59 Å². The summed E-state index contributed by atoms with van der Waals surface area (Å²) < 4.78 is 17.7. The quantitative estimate of drug-likeness (QED) is 0.226. The number of hydrogen-bond donors (Lipinski definition) is 3. The molecular formula is C39H57BBr3N9O7. The summed E-state index contributed by atoms with van der Waals surface area (Å²) in [5.74, 6) is 0.363. The minimum atomic E-state index is -1.04. The van der Waals surface area contributed by atoms with Crippen molar-refractivity contribution < 1.29 is 33.9 Å². The van der Waals surface area contributed by atoms with Gasteiger partial charge in [0.2, 0.25) is 5.91 Å². The Morgan fingerprint density at radius 3 is 1.47 bits per heavy atom. The summed E-state index contributed by atoms with van der Waals surface area (Å²) in [6.07, 6.45) is 8.99. The van der Waals surface area contributed by atoms with Gasteiger partial charge in [-0.15, -0.1) is 0 Å². The van der Waals surface area contributed by atoms with Crippen LogP contribution in [0.15, 0.2) is 13.8 Å². The Morgan fingerprint density at radius 1 is 0.661 bits per heavy atom. The summed E-state index contributed by atoms with van der Waals surface area (Å²) in [5, 5.41) is 32.7. The number of rotatable bonds is 3. The lowest BCUT2D eigenvalue weighted by molar-refractivity contribution is -0.129. The molecule has 0 spiro atoms. The largest absolute Gasteiger partial charge is 0.454 e. The molecule has 3 amide bonds. The van der Waals surface area contributed by atoms with E-state index in [1.807, 2.05) is 46.4 Å². The molecule has 3 aromatic rings. The third kappa shape index (κ3) is 12.3. The highest BCUT2D eigenvalue weighted by Crippen LogP contribution is 2.40. The number of H-pyrrole nitrogens is 1. The molecule has 16 nitrogen and oxygen atoms in total. The number of amides is 3. The number of nitrogens with zero attached hydrogens (tertiary/aromatic N) is 8. The molecule has 3 fully saturated rings. The van der Waals surface area contributed by atoms with Gasteiger partial charge in [-0.1, -0.05) is 12.8 Å². The summed E-state index contributed by atoms with van der Waals surface area (Å²) in [7, 11) is -1.04. The van der Waals surface area contributed by atoms with Crippen molar-refractivity contribution in [1.82, 2.24) is 44.5 Å². The minimum absolute atomic E-state index is 0.150. The zero-order chi connectivity index (χ0) is 43.0. The van der Waals surface area contributed by atoms with E-state index in [2.05, 4.69) is 77.5 Å². The molecule has 6 aliphatic rings. The summed E-state index contributed by atoms with van der Waals surface area (Å²) in [4.78, 5) is 40.8. The van der Waals surface area contributed by atoms with Crippen LogP contribution in [0.1, 0.15) is 133 Å². The standard InChI is InChI=1S/C14H20BrN3O2.C11H16BrN3O2.C11H14BrN3O.C3H7BO2/c1-14(2,3)20-13(19)17-7-6-11-10(8-17)12(15)16-18(11)9-4-5-9;1-11(2,3)17-10(16)15-5-4-8-7(6-15)9(12)14-13-8;1-7(16)14-5-4-10-9(6-14)11(12)13-15(10)8-2-3-8;5-4(6)3-1-2-3/h9H,4-8H2,1-3H3;4-6H2,1-3H3,(H,13,14);8H,2-6H2,1H3;3,5-6H,1-2H2. The maximum Gasteiger partial charge on any atom is 0.454 e. The van der Waals surface area contributed by atoms with Crippen molar-refractivity contribution in [3.63, 3.8) is 0 Å². The number of halogens is 3. The first kappa shape index (κ1) is 45.6. The van der Waals surface area contributed by atoms with Gasteiger partial charge in [0.1, 0.15) is 25.0 Å². The second kappa shape index (κ2) is 18.6. The molecule has 0 saturated heterocycles. The van der Waals surface area contributed by atoms with Crippen molar-refractivity contribution in [2.75, 3.05) is 19.6 Å². The highest BCUT2D eigenvalue weighted by Gasteiger charge is 2.36. The third-order valence-electron chi connectivity index (χ3n) is 10.5. The zero-order valence-corrected chi connectivity index (χ0v) is 39.8. The van der Waals surface area contributed by atoms with Gasteiger partial charge >= 0.3 is 19.3 Å². The van der Waals surface area contributed by atoms with Crippen LogP contribution in [0.4, 0.5) is 9.59 Å². The van der Waals surface area contributed by atoms with Gasteiger partial charge in [-0.3, -0.25) is 19.3 Å². The van der Waals surface area contributed by atoms with Gasteiger partial charge in [-0.05, 0) is 121 Å². The Hall–Kier alpha value is -2.94. The smallest absolute Gasteiger partial charge is 0.444 e. The van der Waals surface area contributed by atoms with Gasteiger partial charge < -0.3 is 34.2 Å². The summed E-state index contributed by atoms with van der Waals surface area (Å²) in [5.41, 5.74) is 6.17. The summed E-state index contributed by atoms with van der Waals surface area (Å²) >= 11 is 10.4. The molecule has 324 valence electrons. The summed E-state index contributed by atoms with van der Waals surface area (Å²) in [6.45, 7) is 16.9. The molecule has 0 unspecified atom stereocenters. The molecule has 0 bridgehead atoms. The lowest BCUT2D eigenvalue weighted by Crippen LogP contribution is -2.40. The second-order valence-corrected chi connectivity index (χ2v) is 20.3. The molecule has 3 saturated carbocycles. The van der Waals surface area contributed by atoms with Crippen LogP contribution in [0.3, 0.4) is 0 Å². The highest BCUT2D eigenvalue weighted by atomic mass is 79.9. The van der Waals surface area contributed by atoms with Crippen LogP contribution in [0.5, 0.6) is 0 Å². The van der Waals surface area contributed by atoms with Gasteiger partial charge in [0.25, 0.3) is 0 Å². The van der Waals surface area contributed by atoms with Crippen molar-refractivity contribution in [2.45, 2.75) is 155 Å². The molecule has 6 heterocycles. The van der Waals surface area contributed by atoms with E-state index in [0.29, 0.717) is 44.8 Å². The van der Waals surface area contributed by atoms with Crippen LogP contribution in [0.2, 0.25) is 5.82 Å². The fourth-order valence-corrected chi connectivity index (χ4v) is 8.44. The third-order valence-corrected chi connectivity index (χ3v) is 12.5. The van der Waals surface area contributed by atoms with Crippen molar-refractivity contribution >= 4 is 73.0 Å². The minimum Gasteiger partial charge on any atom is -0.444 e. The summed E-state index contributed by atoms with van der Waals surface area (Å²) in [6, 6.07) is 1.19. The maximum atomic E-state index is 12.1. The SMILES string of the molecule is CC(=O)N1CCc2c(c(Br)nn2C2CC2)C1.CC(C)(C)OC(=O)N1CCc2[nH]nc(Br)c2C1.CC(C)(C)OC(=O)N1CCc2c(c(Br)nn2C2CC2)C1.OB(O)C1CC1. The molecule has 3 aromatic heterocycles. The van der Waals surface area contributed by atoms with E-state index >= 15 is 0 Å². The molecule has 20 heteroatoms. The molecule has 3 N–H and O–H groups in total. The average molecular weight is 1010 g/mol. The van der Waals surface area contributed by atoms with E-state index in [1.54, 1.807) is 16.7 Å². The second-order valence-electron chi connectivity index (χ2n) is 18.0. The first-order valence-corrected chi connectivity index (χ1v) is 22.9. The number of carbonyl (C=O) groups is 3. The lowest BCUT2D eigenvalue weighted by atomic mass is 9.84. The molecule has 0 atom stereocenters. The van der Waals surface area contributed by atoms with Crippen LogP contribution in [-0.4, -0.2) is 111 Å². The Balaban J connectivity index is 0.000000139. The van der Waals surface area contributed by atoms with Crippen molar-refractivity contribution in [3.8, 4) is 0 Å². The monoisotopic (exact) mass is 1010 g/mol. The van der Waals surface area contributed by atoms with Crippen LogP contribution in [0.25, 0.3) is 0 Å². The molecule has 0 radical (unpaired) electrons. The van der Waals surface area contributed by atoms with E-state index in [-0.39, 0.29) is 23.9 Å². The normalized spacial score (nSPS) is 18.4. The molecule has 9 rings (SSSR count). The van der Waals surface area contributed by atoms with Crippen LogP contribution in [-0.2, 0) is 53.2 Å². The zero-order valence-electron chi connectivity index (χ0n) is 35.1. The van der Waals surface area contributed by atoms with E-state index in [0.717, 1.165) is 69.3 Å². The fourth-order valence-electron chi connectivity index (χ4n) is 6.94. The predicted molar refractivity (Wildman–Crippen MR) is 231 cm³/mol. The number of carbonyl (C=O) groups excluding carboxylic acids is 3. The van der Waals surface area contributed by atoms with E-state index in [9.17, 15) is 14.4 Å². The number of nitrogens with one attached hydrogen (secondary N) is 1. The molecule has 3 aliphatic carbocycles. The van der Waals surface area contributed by atoms with Crippen molar-refractivity contribution in [2.24, 2.45) is 0 Å².